The number of hydrogen-bond acceptors (Lipinski definition) is 9. The molecule has 0 atom stereocenters. The third-order valence-corrected chi connectivity index (χ3v) is 6.29. The quantitative estimate of drug-likeness (QED) is 0.356. The molecule has 4 rings (SSSR count). The smallest absolute Gasteiger partial charge is 0.231 e. The number of anilines is 4. The van der Waals surface area contributed by atoms with Crippen LogP contribution in [0.5, 0.6) is 0 Å². The van der Waals surface area contributed by atoms with E-state index in [4.69, 9.17) is 11.6 Å². The molecule has 0 fully saturated rings. The predicted octanol–water partition coefficient (Wildman–Crippen LogP) is 3.49. The molecule has 10 nitrogen and oxygen atoms in total. The van der Waals surface area contributed by atoms with Gasteiger partial charge >= 0.3 is 0 Å². The summed E-state index contributed by atoms with van der Waals surface area (Å²) in [7, 11) is -3.49. The Morgan fingerprint density at radius 2 is 1.91 bits per heavy atom. The van der Waals surface area contributed by atoms with Crippen LogP contribution in [0.2, 0.25) is 5.02 Å². The van der Waals surface area contributed by atoms with E-state index < -0.39 is 10.0 Å². The van der Waals surface area contributed by atoms with Crippen LogP contribution in [-0.2, 0) is 28.4 Å². The molecule has 1 aromatic carbocycles. The molecule has 13 heteroatoms. The molecule has 4 N–H and O–H groups in total. The molecule has 0 bridgehead atoms. The fourth-order valence-corrected chi connectivity index (χ4v) is 4.54. The lowest BCUT2D eigenvalue weighted by molar-refractivity contribution is 0.488. The first kappa shape index (κ1) is 26.9. The van der Waals surface area contributed by atoms with Crippen LogP contribution in [0.15, 0.2) is 36.8 Å². The van der Waals surface area contributed by atoms with Gasteiger partial charge in [-0.1, -0.05) is 31.5 Å². The van der Waals surface area contributed by atoms with E-state index >= 15 is 0 Å². The van der Waals surface area contributed by atoms with Crippen molar-refractivity contribution in [3.8, 4) is 0 Å². The van der Waals surface area contributed by atoms with Gasteiger partial charge in [-0.05, 0) is 36.2 Å². The minimum Gasteiger partial charge on any atom is -0.363 e. The highest BCUT2D eigenvalue weighted by atomic mass is 35.5. The number of nitrogens with zero attached hydrogens (tertiary/aromatic N) is 4. The van der Waals surface area contributed by atoms with Crippen molar-refractivity contribution in [2.24, 2.45) is 0 Å². The van der Waals surface area contributed by atoms with Crippen LogP contribution in [0, 0.1) is 0 Å². The summed E-state index contributed by atoms with van der Waals surface area (Å²) in [6.45, 7) is 6.51. The summed E-state index contributed by atoms with van der Waals surface area (Å²) in [5, 5.41) is 10.1. The van der Waals surface area contributed by atoms with E-state index in [0.29, 0.717) is 22.5 Å². The lowest BCUT2D eigenvalue weighted by Crippen LogP contribution is -2.31. The molecule has 0 unspecified atom stereocenters. The Bertz CT molecular complexity index is 1300. The van der Waals surface area contributed by atoms with E-state index in [1.807, 2.05) is 6.07 Å². The lowest BCUT2D eigenvalue weighted by atomic mass is 9.82. The van der Waals surface area contributed by atoms with Gasteiger partial charge < -0.3 is 16.0 Å². The second-order valence-electron chi connectivity index (χ2n) is 8.78. The maximum atomic E-state index is 11.6. The van der Waals surface area contributed by atoms with Gasteiger partial charge in [0.15, 0.2) is 11.6 Å². The minimum atomic E-state index is -3.49. The Labute approximate surface area is 216 Å². The second kappa shape index (κ2) is 10.9. The zero-order valence-corrected chi connectivity index (χ0v) is 22.0. The standard InChI is InChI=1S/C22H27ClN8O2S.ClH/c1-22(2)13-24-7-6-14-10-15(4-5-16(14)22)29-21-28-11-17(23)19(30-21)27-12-18-20(26-9-8-25-18)31-34(3,32)33;/h4-5,8-11,24H,6-7,12-13H2,1-3H3,(H,26,31)(H2,27,28,29,30);1H. The number of fused-ring (bicyclic) bond motifs is 1. The fourth-order valence-electron chi connectivity index (χ4n) is 3.86. The van der Waals surface area contributed by atoms with Crippen molar-refractivity contribution in [2.45, 2.75) is 32.2 Å². The fraction of sp³-hybridized carbons (Fsp3) is 0.364. The molecule has 3 aromatic rings. The molecule has 1 aliphatic heterocycles. The summed E-state index contributed by atoms with van der Waals surface area (Å²) >= 11 is 6.29. The Kier molecular flexibility index (Phi) is 8.37. The van der Waals surface area contributed by atoms with Gasteiger partial charge in [0.05, 0.1) is 19.0 Å². The molecule has 188 valence electrons. The summed E-state index contributed by atoms with van der Waals surface area (Å²) < 4.78 is 25.5. The lowest BCUT2D eigenvalue weighted by Gasteiger charge is -2.25. The molecular formula is C22H28Cl2N8O2S. The topological polar surface area (TPSA) is 134 Å². The molecule has 0 spiro atoms. The number of nitrogens with one attached hydrogen (secondary N) is 4. The van der Waals surface area contributed by atoms with Crippen molar-refractivity contribution >= 4 is 57.3 Å². The van der Waals surface area contributed by atoms with Gasteiger partial charge in [-0.3, -0.25) is 9.71 Å². The van der Waals surface area contributed by atoms with E-state index in [2.05, 4.69) is 66.6 Å². The van der Waals surface area contributed by atoms with E-state index in [1.165, 1.54) is 29.7 Å². The van der Waals surface area contributed by atoms with E-state index in [0.717, 1.165) is 31.5 Å². The summed E-state index contributed by atoms with van der Waals surface area (Å²) in [6, 6.07) is 6.32. The average molecular weight is 539 g/mol. The van der Waals surface area contributed by atoms with Gasteiger partial charge in [0.1, 0.15) is 10.7 Å². The van der Waals surface area contributed by atoms with Crippen molar-refractivity contribution in [2.75, 3.05) is 34.7 Å². The molecule has 0 amide bonds. The Balaban J connectivity index is 0.00000342. The van der Waals surface area contributed by atoms with Crippen molar-refractivity contribution in [3.05, 3.63) is 58.6 Å². The van der Waals surface area contributed by atoms with Crippen LogP contribution in [-0.4, -0.2) is 47.7 Å². The van der Waals surface area contributed by atoms with Gasteiger partial charge in [0.2, 0.25) is 16.0 Å². The Hall–Kier alpha value is -2.73. The van der Waals surface area contributed by atoms with Gasteiger partial charge in [-0.2, -0.15) is 4.98 Å². The Morgan fingerprint density at radius 1 is 1.14 bits per heavy atom. The summed E-state index contributed by atoms with van der Waals surface area (Å²) in [5.74, 6) is 0.908. The zero-order valence-electron chi connectivity index (χ0n) is 19.6. The monoisotopic (exact) mass is 538 g/mol. The molecule has 1 aliphatic rings. The molecule has 0 radical (unpaired) electrons. The van der Waals surface area contributed by atoms with Crippen LogP contribution >= 0.6 is 24.0 Å². The SMILES string of the molecule is CC1(C)CNCCc2cc(Nc3ncc(Cl)c(NCc4nccnc4NS(C)(=O)=O)n3)ccc21.Cl. The maximum Gasteiger partial charge on any atom is 0.231 e. The second-order valence-corrected chi connectivity index (χ2v) is 10.9. The summed E-state index contributed by atoms with van der Waals surface area (Å²) in [4.78, 5) is 17.0. The first-order chi connectivity index (χ1) is 16.1. The van der Waals surface area contributed by atoms with Crippen molar-refractivity contribution < 1.29 is 8.42 Å². The minimum absolute atomic E-state index is 0. The predicted molar refractivity (Wildman–Crippen MR) is 141 cm³/mol. The van der Waals surface area contributed by atoms with Crippen LogP contribution in [0.1, 0.15) is 30.7 Å². The molecule has 35 heavy (non-hydrogen) atoms. The van der Waals surface area contributed by atoms with E-state index in [1.54, 1.807) is 0 Å². The largest absolute Gasteiger partial charge is 0.363 e. The highest BCUT2D eigenvalue weighted by molar-refractivity contribution is 7.92. The van der Waals surface area contributed by atoms with Crippen LogP contribution in [0.25, 0.3) is 0 Å². The number of rotatable bonds is 7. The normalized spacial score (nSPS) is 14.7. The van der Waals surface area contributed by atoms with E-state index in [-0.39, 0.29) is 30.2 Å². The highest BCUT2D eigenvalue weighted by Crippen LogP contribution is 2.31. The third-order valence-electron chi connectivity index (χ3n) is 5.45. The number of sulfonamides is 1. The maximum absolute atomic E-state index is 11.6. The molecule has 3 heterocycles. The number of hydrogen-bond donors (Lipinski definition) is 4. The van der Waals surface area contributed by atoms with Gasteiger partial charge in [-0.25, -0.2) is 18.4 Å². The number of halogens is 2. The van der Waals surface area contributed by atoms with Crippen LogP contribution in [0.3, 0.4) is 0 Å². The molecule has 0 aliphatic carbocycles. The molecule has 0 saturated heterocycles. The highest BCUT2D eigenvalue weighted by Gasteiger charge is 2.25. The molecule has 2 aromatic heterocycles. The van der Waals surface area contributed by atoms with Crippen LogP contribution in [0.4, 0.5) is 23.3 Å². The van der Waals surface area contributed by atoms with Gasteiger partial charge in [-0.15, -0.1) is 12.4 Å². The first-order valence-electron chi connectivity index (χ1n) is 10.8. The van der Waals surface area contributed by atoms with Gasteiger partial charge in [0, 0.05) is 30.0 Å². The van der Waals surface area contributed by atoms with Crippen molar-refractivity contribution in [1.82, 2.24) is 25.3 Å². The Morgan fingerprint density at radius 3 is 2.69 bits per heavy atom. The summed E-state index contributed by atoms with van der Waals surface area (Å²) in [5.41, 5.74) is 3.98. The van der Waals surface area contributed by atoms with Gasteiger partial charge in [0.25, 0.3) is 0 Å². The van der Waals surface area contributed by atoms with Crippen LogP contribution < -0.4 is 20.7 Å². The zero-order chi connectivity index (χ0) is 24.3. The van der Waals surface area contributed by atoms with E-state index in [9.17, 15) is 8.42 Å². The van der Waals surface area contributed by atoms with Crippen molar-refractivity contribution in [3.63, 3.8) is 0 Å². The average Bonchev–Trinajstić information content (AvgIpc) is 2.91. The molecular weight excluding hydrogens is 511 g/mol. The number of benzene rings is 1. The third kappa shape index (κ3) is 6.91. The summed E-state index contributed by atoms with van der Waals surface area (Å²) in [6.07, 6.45) is 6.40. The molecule has 0 saturated carbocycles. The van der Waals surface area contributed by atoms with Crippen molar-refractivity contribution in [1.29, 1.82) is 0 Å². The first-order valence-corrected chi connectivity index (χ1v) is 13.0. The number of aromatic nitrogens is 4.